The zero-order valence-electron chi connectivity index (χ0n) is 13.0. The van der Waals surface area contributed by atoms with E-state index in [1.807, 2.05) is 0 Å². The van der Waals surface area contributed by atoms with Gasteiger partial charge >= 0.3 is 0 Å². The van der Waals surface area contributed by atoms with Crippen molar-refractivity contribution in [3.05, 3.63) is 71.4 Å². The molecular weight excluding hydrogens is 335 g/mol. The molecule has 8 heteroatoms. The van der Waals surface area contributed by atoms with Crippen LogP contribution >= 0.6 is 0 Å². The molecule has 0 saturated carbocycles. The number of hydrogen-bond acceptors (Lipinski definition) is 4. The molecule has 128 valence electrons. The first-order valence-corrected chi connectivity index (χ1v) is 7.30. The van der Waals surface area contributed by atoms with Crippen LogP contribution in [-0.2, 0) is 0 Å². The minimum Gasteiger partial charge on any atom is -0.340 e. The van der Waals surface area contributed by atoms with Gasteiger partial charge in [-0.25, -0.2) is 13.2 Å². The molecule has 5 nitrogen and oxygen atoms in total. The van der Waals surface area contributed by atoms with Crippen LogP contribution < -0.4 is 5.32 Å². The molecule has 0 aliphatic rings. The Hall–Kier alpha value is -3.16. The van der Waals surface area contributed by atoms with Crippen LogP contribution in [0.2, 0.25) is 0 Å². The molecule has 0 aliphatic heterocycles. The van der Waals surface area contributed by atoms with Crippen LogP contribution in [0.1, 0.15) is 29.2 Å². The number of carbonyl (C=O) groups excluding carboxylic acids is 1. The van der Waals surface area contributed by atoms with Crippen LogP contribution in [0.15, 0.2) is 47.0 Å². The fourth-order valence-corrected chi connectivity index (χ4v) is 2.17. The lowest BCUT2D eigenvalue weighted by molar-refractivity contribution is 0.0924. The summed E-state index contributed by atoms with van der Waals surface area (Å²) in [5.74, 6) is -3.04. The number of rotatable bonds is 4. The number of nitrogens with one attached hydrogen (secondary N) is 1. The molecule has 1 amide bonds. The predicted octanol–water partition coefficient (Wildman–Crippen LogP) is 3.64. The topological polar surface area (TPSA) is 68.0 Å². The fourth-order valence-electron chi connectivity index (χ4n) is 2.17. The molecule has 0 aliphatic carbocycles. The van der Waals surface area contributed by atoms with E-state index in [4.69, 9.17) is 4.52 Å². The van der Waals surface area contributed by atoms with Gasteiger partial charge in [-0.3, -0.25) is 4.79 Å². The number of aromatic nitrogens is 2. The largest absolute Gasteiger partial charge is 0.340 e. The maximum absolute atomic E-state index is 13.6. The van der Waals surface area contributed by atoms with Gasteiger partial charge in [-0.15, -0.1) is 0 Å². The van der Waals surface area contributed by atoms with E-state index in [0.717, 1.165) is 18.2 Å². The zero-order chi connectivity index (χ0) is 18.0. The van der Waals surface area contributed by atoms with Crippen molar-refractivity contribution >= 4 is 5.91 Å². The highest BCUT2D eigenvalue weighted by atomic mass is 19.1. The van der Waals surface area contributed by atoms with E-state index in [1.165, 1.54) is 31.2 Å². The third kappa shape index (κ3) is 3.52. The molecule has 1 atom stereocenters. The third-order valence-electron chi connectivity index (χ3n) is 3.45. The van der Waals surface area contributed by atoms with Gasteiger partial charge in [0.15, 0.2) is 0 Å². The smallest absolute Gasteiger partial charge is 0.257 e. The molecule has 1 heterocycles. The summed E-state index contributed by atoms with van der Waals surface area (Å²) in [5.41, 5.74) is -0.164. The van der Waals surface area contributed by atoms with Crippen LogP contribution in [0, 0.1) is 17.5 Å². The van der Waals surface area contributed by atoms with Crippen molar-refractivity contribution in [2.45, 2.75) is 13.0 Å². The van der Waals surface area contributed by atoms with Crippen molar-refractivity contribution in [2.75, 3.05) is 0 Å². The van der Waals surface area contributed by atoms with E-state index < -0.39 is 35.0 Å². The first-order chi connectivity index (χ1) is 12.0. The molecule has 0 spiro atoms. The maximum Gasteiger partial charge on any atom is 0.257 e. The summed E-state index contributed by atoms with van der Waals surface area (Å²) in [6, 6.07) is 7.80. The quantitative estimate of drug-likeness (QED) is 0.782. The number of amides is 1. The molecule has 0 radical (unpaired) electrons. The Balaban J connectivity index is 1.77. The summed E-state index contributed by atoms with van der Waals surface area (Å²) in [7, 11) is 0. The molecule has 0 fully saturated rings. The van der Waals surface area contributed by atoms with Gasteiger partial charge in [-0.1, -0.05) is 11.2 Å². The average Bonchev–Trinajstić information content (AvgIpc) is 3.05. The first-order valence-electron chi connectivity index (χ1n) is 7.30. The van der Waals surface area contributed by atoms with Crippen LogP contribution in [0.4, 0.5) is 13.2 Å². The lowest BCUT2D eigenvalue weighted by atomic mass is 10.1. The molecular formula is C17H12F3N3O2. The highest BCUT2D eigenvalue weighted by Gasteiger charge is 2.22. The van der Waals surface area contributed by atoms with E-state index in [-0.39, 0.29) is 11.7 Å². The van der Waals surface area contributed by atoms with Gasteiger partial charge in [0.25, 0.3) is 5.91 Å². The molecule has 2 aromatic carbocycles. The Morgan fingerprint density at radius 2 is 1.72 bits per heavy atom. The van der Waals surface area contributed by atoms with Crippen molar-refractivity contribution in [1.82, 2.24) is 15.5 Å². The van der Waals surface area contributed by atoms with Gasteiger partial charge in [-0.05, 0) is 43.3 Å². The Labute approximate surface area is 140 Å². The first kappa shape index (κ1) is 16.7. The maximum atomic E-state index is 13.6. The molecule has 3 aromatic rings. The van der Waals surface area contributed by atoms with Crippen molar-refractivity contribution in [1.29, 1.82) is 0 Å². The molecule has 1 aromatic heterocycles. The van der Waals surface area contributed by atoms with E-state index in [9.17, 15) is 18.0 Å². The monoisotopic (exact) mass is 347 g/mol. The average molecular weight is 347 g/mol. The SMILES string of the molecule is C[C@@H](NC(=O)c1c(F)cccc1F)c1nc(-c2ccc(F)cc2)no1. The van der Waals surface area contributed by atoms with E-state index >= 15 is 0 Å². The van der Waals surface area contributed by atoms with Crippen LogP contribution in [0.25, 0.3) is 11.4 Å². The minimum atomic E-state index is -0.970. The number of nitrogens with zero attached hydrogens (tertiary/aromatic N) is 2. The van der Waals surface area contributed by atoms with E-state index in [1.54, 1.807) is 0 Å². The zero-order valence-corrected chi connectivity index (χ0v) is 13.0. The molecule has 0 saturated heterocycles. The highest BCUT2D eigenvalue weighted by molar-refractivity contribution is 5.94. The molecule has 1 N–H and O–H groups in total. The number of benzene rings is 2. The Kier molecular flexibility index (Phi) is 4.51. The minimum absolute atomic E-state index is 0.0458. The van der Waals surface area contributed by atoms with Crippen molar-refractivity contribution in [3.63, 3.8) is 0 Å². The van der Waals surface area contributed by atoms with Crippen molar-refractivity contribution in [3.8, 4) is 11.4 Å². The van der Waals surface area contributed by atoms with Crippen molar-refractivity contribution in [2.24, 2.45) is 0 Å². The van der Waals surface area contributed by atoms with Gasteiger partial charge in [0.1, 0.15) is 29.1 Å². The van der Waals surface area contributed by atoms with E-state index in [2.05, 4.69) is 15.5 Å². The number of halogens is 3. The number of carbonyl (C=O) groups is 1. The van der Waals surface area contributed by atoms with Gasteiger partial charge in [0.05, 0.1) is 0 Å². The van der Waals surface area contributed by atoms with Gasteiger partial charge in [0.2, 0.25) is 11.7 Å². The number of hydrogen-bond donors (Lipinski definition) is 1. The Morgan fingerprint density at radius 3 is 2.36 bits per heavy atom. The lowest BCUT2D eigenvalue weighted by Crippen LogP contribution is -2.28. The van der Waals surface area contributed by atoms with Crippen LogP contribution in [-0.4, -0.2) is 16.0 Å². The normalized spacial score (nSPS) is 12.0. The van der Waals surface area contributed by atoms with Crippen LogP contribution in [0.3, 0.4) is 0 Å². The van der Waals surface area contributed by atoms with E-state index in [0.29, 0.717) is 5.56 Å². The second kappa shape index (κ2) is 6.76. The van der Waals surface area contributed by atoms with Gasteiger partial charge in [0, 0.05) is 5.56 Å². The molecule has 0 unspecified atom stereocenters. The second-order valence-corrected chi connectivity index (χ2v) is 5.25. The van der Waals surface area contributed by atoms with Gasteiger partial charge < -0.3 is 9.84 Å². The summed E-state index contributed by atoms with van der Waals surface area (Å²) >= 11 is 0. The molecule has 25 heavy (non-hydrogen) atoms. The highest BCUT2D eigenvalue weighted by Crippen LogP contribution is 2.20. The third-order valence-corrected chi connectivity index (χ3v) is 3.45. The Bertz CT molecular complexity index is 890. The lowest BCUT2D eigenvalue weighted by Gasteiger charge is -2.10. The summed E-state index contributed by atoms with van der Waals surface area (Å²) in [5, 5.41) is 6.14. The summed E-state index contributed by atoms with van der Waals surface area (Å²) in [6.45, 7) is 1.53. The summed E-state index contributed by atoms with van der Waals surface area (Å²) < 4.78 is 45.2. The summed E-state index contributed by atoms with van der Waals surface area (Å²) in [4.78, 5) is 16.2. The Morgan fingerprint density at radius 1 is 1.08 bits per heavy atom. The molecule has 3 rings (SSSR count). The molecule has 0 bridgehead atoms. The predicted molar refractivity (Wildman–Crippen MR) is 81.9 cm³/mol. The second-order valence-electron chi connectivity index (χ2n) is 5.25. The standard InChI is InChI=1S/C17H12F3N3O2/c1-9(21-16(24)14-12(19)3-2-4-13(14)20)17-22-15(23-25-17)10-5-7-11(18)8-6-10/h2-9H,1H3,(H,21,24)/t9-/m1/s1. The van der Waals surface area contributed by atoms with Crippen molar-refractivity contribution < 1.29 is 22.5 Å². The van der Waals surface area contributed by atoms with Gasteiger partial charge in [-0.2, -0.15) is 4.98 Å². The summed E-state index contributed by atoms with van der Waals surface area (Å²) in [6.07, 6.45) is 0. The fraction of sp³-hybridized carbons (Fsp3) is 0.118. The van der Waals surface area contributed by atoms with Crippen LogP contribution in [0.5, 0.6) is 0 Å².